The Morgan fingerprint density at radius 2 is 2.17 bits per heavy atom. The number of aromatic nitrogens is 1. The Bertz CT molecular complexity index is 490. The summed E-state index contributed by atoms with van der Waals surface area (Å²) in [5, 5.41) is 2.12. The van der Waals surface area contributed by atoms with Crippen molar-refractivity contribution in [2.45, 2.75) is 52.0 Å². The summed E-state index contributed by atoms with van der Waals surface area (Å²) in [6, 6.07) is 0. The van der Waals surface area contributed by atoms with Crippen molar-refractivity contribution >= 4 is 17.2 Å². The minimum atomic E-state index is 0.389. The monoisotopic (exact) mass is 335 g/mol. The fourth-order valence-electron chi connectivity index (χ4n) is 4.04. The minimum Gasteiger partial charge on any atom is -0.341 e. The lowest BCUT2D eigenvalue weighted by Gasteiger charge is -2.29. The minimum absolute atomic E-state index is 0.389. The highest BCUT2D eigenvalue weighted by Crippen LogP contribution is 2.31. The maximum atomic E-state index is 12.6. The van der Waals surface area contributed by atoms with Crippen LogP contribution >= 0.6 is 11.3 Å². The van der Waals surface area contributed by atoms with Gasteiger partial charge >= 0.3 is 0 Å². The molecule has 2 heterocycles. The van der Waals surface area contributed by atoms with E-state index in [1.165, 1.54) is 25.7 Å². The Balaban J connectivity index is 1.46. The van der Waals surface area contributed by atoms with Crippen LogP contribution in [0.1, 0.15) is 51.1 Å². The number of thiazole rings is 1. The van der Waals surface area contributed by atoms with Gasteiger partial charge in [0.25, 0.3) is 0 Å². The highest BCUT2D eigenvalue weighted by Gasteiger charge is 2.25. The highest BCUT2D eigenvalue weighted by molar-refractivity contribution is 7.07. The number of hydrogen-bond acceptors (Lipinski definition) is 4. The van der Waals surface area contributed by atoms with Crippen molar-refractivity contribution in [3.8, 4) is 0 Å². The van der Waals surface area contributed by atoms with Crippen molar-refractivity contribution in [2.75, 3.05) is 26.2 Å². The molecule has 2 atom stereocenters. The SMILES string of the molecule is C[C@@H]1CCC[C@H](CC(=O)N2CCCN(Cc3cscn3)CC2)C1. The average Bonchev–Trinajstić information content (AvgIpc) is 2.91. The molecule has 1 saturated carbocycles. The molecule has 1 saturated heterocycles. The molecule has 1 aromatic rings. The van der Waals surface area contributed by atoms with Crippen LogP contribution in [0.15, 0.2) is 10.9 Å². The van der Waals surface area contributed by atoms with Crippen LogP contribution in [0.3, 0.4) is 0 Å². The summed E-state index contributed by atoms with van der Waals surface area (Å²) in [6.07, 6.45) is 7.00. The lowest BCUT2D eigenvalue weighted by Crippen LogP contribution is -2.36. The van der Waals surface area contributed by atoms with E-state index in [9.17, 15) is 4.79 Å². The first-order chi connectivity index (χ1) is 11.2. The van der Waals surface area contributed by atoms with Crippen LogP contribution in [0, 0.1) is 11.8 Å². The fourth-order valence-corrected chi connectivity index (χ4v) is 4.59. The van der Waals surface area contributed by atoms with Gasteiger partial charge in [-0.25, -0.2) is 4.98 Å². The summed E-state index contributed by atoms with van der Waals surface area (Å²) in [5.41, 5.74) is 3.06. The van der Waals surface area contributed by atoms with Gasteiger partial charge in [0.05, 0.1) is 11.2 Å². The third-order valence-electron chi connectivity index (χ3n) is 5.32. The molecular formula is C18H29N3OS. The second-order valence-corrected chi connectivity index (χ2v) is 8.05. The molecule has 1 aliphatic carbocycles. The lowest BCUT2D eigenvalue weighted by atomic mass is 9.80. The van der Waals surface area contributed by atoms with Gasteiger partial charge in [0.15, 0.2) is 0 Å². The van der Waals surface area contributed by atoms with Gasteiger partial charge in [0, 0.05) is 44.5 Å². The van der Waals surface area contributed by atoms with Gasteiger partial charge in [-0.15, -0.1) is 11.3 Å². The predicted octanol–water partition coefficient (Wildman–Crippen LogP) is 3.39. The van der Waals surface area contributed by atoms with E-state index in [0.717, 1.165) is 57.2 Å². The first-order valence-electron chi connectivity index (χ1n) is 9.08. The molecule has 3 rings (SSSR count). The van der Waals surface area contributed by atoms with Crippen LogP contribution in [-0.2, 0) is 11.3 Å². The number of hydrogen-bond donors (Lipinski definition) is 0. The molecule has 0 bridgehead atoms. The summed E-state index contributed by atoms with van der Waals surface area (Å²) >= 11 is 1.66. The Hall–Kier alpha value is -0.940. The van der Waals surface area contributed by atoms with Gasteiger partial charge in [-0.3, -0.25) is 9.69 Å². The average molecular weight is 336 g/mol. The Labute approximate surface area is 143 Å². The highest BCUT2D eigenvalue weighted by atomic mass is 32.1. The number of nitrogens with zero attached hydrogens (tertiary/aromatic N) is 3. The Morgan fingerprint density at radius 1 is 1.26 bits per heavy atom. The first kappa shape index (κ1) is 16.9. The normalized spacial score (nSPS) is 26.9. The number of amides is 1. The summed E-state index contributed by atoms with van der Waals surface area (Å²) in [7, 11) is 0. The summed E-state index contributed by atoms with van der Waals surface area (Å²) < 4.78 is 0. The van der Waals surface area contributed by atoms with E-state index in [4.69, 9.17) is 0 Å². The second-order valence-electron chi connectivity index (χ2n) is 7.33. The fraction of sp³-hybridized carbons (Fsp3) is 0.778. The van der Waals surface area contributed by atoms with Crippen molar-refractivity contribution in [1.29, 1.82) is 0 Å². The summed E-state index contributed by atoms with van der Waals surface area (Å²) in [5.74, 6) is 1.82. The molecule has 4 nitrogen and oxygen atoms in total. The van der Waals surface area contributed by atoms with Crippen LogP contribution in [0.25, 0.3) is 0 Å². The number of carbonyl (C=O) groups excluding carboxylic acids is 1. The molecule has 2 aliphatic rings. The molecule has 5 heteroatoms. The van der Waals surface area contributed by atoms with Crippen molar-refractivity contribution in [1.82, 2.24) is 14.8 Å². The molecule has 0 aromatic carbocycles. The lowest BCUT2D eigenvalue weighted by molar-refractivity contribution is -0.132. The van der Waals surface area contributed by atoms with Crippen molar-refractivity contribution in [3.63, 3.8) is 0 Å². The van der Waals surface area contributed by atoms with Crippen LogP contribution in [0.5, 0.6) is 0 Å². The van der Waals surface area contributed by atoms with E-state index in [1.54, 1.807) is 11.3 Å². The third-order valence-corrected chi connectivity index (χ3v) is 5.95. The molecular weight excluding hydrogens is 306 g/mol. The van der Waals surface area contributed by atoms with E-state index < -0.39 is 0 Å². The zero-order chi connectivity index (χ0) is 16.1. The van der Waals surface area contributed by atoms with Gasteiger partial charge in [-0.1, -0.05) is 19.8 Å². The number of rotatable bonds is 4. The molecule has 1 aromatic heterocycles. The largest absolute Gasteiger partial charge is 0.341 e. The molecule has 2 fully saturated rings. The standard InChI is InChI=1S/C18H29N3OS/c1-15-4-2-5-16(10-15)11-18(22)21-7-3-6-20(8-9-21)12-17-13-23-14-19-17/h13-16H,2-12H2,1H3/t15-,16+/m1/s1. The zero-order valence-corrected chi connectivity index (χ0v) is 15.1. The van der Waals surface area contributed by atoms with E-state index in [-0.39, 0.29) is 0 Å². The molecule has 0 spiro atoms. The van der Waals surface area contributed by atoms with Crippen LogP contribution < -0.4 is 0 Å². The van der Waals surface area contributed by atoms with E-state index in [0.29, 0.717) is 11.8 Å². The van der Waals surface area contributed by atoms with Gasteiger partial charge in [-0.2, -0.15) is 0 Å². The van der Waals surface area contributed by atoms with Crippen LogP contribution in [0.2, 0.25) is 0 Å². The Morgan fingerprint density at radius 3 is 2.96 bits per heavy atom. The maximum Gasteiger partial charge on any atom is 0.222 e. The van der Waals surface area contributed by atoms with Crippen molar-refractivity contribution < 1.29 is 4.79 Å². The van der Waals surface area contributed by atoms with E-state index in [1.807, 2.05) is 5.51 Å². The van der Waals surface area contributed by atoms with Crippen LogP contribution in [0.4, 0.5) is 0 Å². The third kappa shape index (κ3) is 5.01. The van der Waals surface area contributed by atoms with Crippen molar-refractivity contribution in [2.24, 2.45) is 11.8 Å². The molecule has 1 amide bonds. The van der Waals surface area contributed by atoms with Gasteiger partial charge < -0.3 is 4.90 Å². The maximum absolute atomic E-state index is 12.6. The zero-order valence-electron chi connectivity index (χ0n) is 14.2. The smallest absolute Gasteiger partial charge is 0.222 e. The first-order valence-corrected chi connectivity index (χ1v) is 10.0. The van der Waals surface area contributed by atoms with Gasteiger partial charge in [-0.05, 0) is 31.1 Å². The Kier molecular flexibility index (Phi) is 6.06. The van der Waals surface area contributed by atoms with Gasteiger partial charge in [0.2, 0.25) is 5.91 Å². The number of carbonyl (C=O) groups is 1. The van der Waals surface area contributed by atoms with Crippen molar-refractivity contribution in [3.05, 3.63) is 16.6 Å². The topological polar surface area (TPSA) is 36.4 Å². The molecule has 23 heavy (non-hydrogen) atoms. The molecule has 0 N–H and O–H groups in total. The van der Waals surface area contributed by atoms with E-state index >= 15 is 0 Å². The summed E-state index contributed by atoms with van der Waals surface area (Å²) in [6.45, 7) is 7.11. The molecule has 1 aliphatic heterocycles. The second kappa shape index (κ2) is 8.25. The molecule has 128 valence electrons. The quantitative estimate of drug-likeness (QED) is 0.846. The van der Waals surface area contributed by atoms with E-state index in [2.05, 4.69) is 27.1 Å². The summed E-state index contributed by atoms with van der Waals surface area (Å²) in [4.78, 5) is 21.6. The molecule has 0 unspecified atom stereocenters. The predicted molar refractivity (Wildman–Crippen MR) is 94.3 cm³/mol. The van der Waals surface area contributed by atoms with Gasteiger partial charge in [0.1, 0.15) is 0 Å². The molecule has 0 radical (unpaired) electrons. The van der Waals surface area contributed by atoms with Crippen LogP contribution in [-0.4, -0.2) is 46.9 Å².